The first-order chi connectivity index (χ1) is 11.2. The predicted octanol–water partition coefficient (Wildman–Crippen LogP) is 1.74. The van der Waals surface area contributed by atoms with Gasteiger partial charge in [0.15, 0.2) is 0 Å². The van der Waals surface area contributed by atoms with Gasteiger partial charge in [-0.1, -0.05) is 34.6 Å². The van der Waals surface area contributed by atoms with Gasteiger partial charge in [0, 0.05) is 19.8 Å². The van der Waals surface area contributed by atoms with Crippen LogP contribution in [0.2, 0.25) is 0 Å². The summed E-state index contributed by atoms with van der Waals surface area (Å²) in [5.74, 6) is -2.71. The van der Waals surface area contributed by atoms with Gasteiger partial charge in [0.2, 0.25) is 11.8 Å². The topological polar surface area (TPSA) is 95.5 Å². The minimum atomic E-state index is -1.22. The number of carboxylic acids is 1. The molecule has 2 amide bonds. The Morgan fingerprint density at radius 1 is 1.21 bits per heavy atom. The third-order valence-electron chi connectivity index (χ3n) is 3.09. The van der Waals surface area contributed by atoms with Crippen LogP contribution in [0.4, 0.5) is 4.39 Å². The van der Waals surface area contributed by atoms with E-state index in [4.69, 9.17) is 5.11 Å². The van der Waals surface area contributed by atoms with E-state index in [0.29, 0.717) is 10.0 Å². The molecule has 1 rings (SSSR count). The zero-order valence-corrected chi connectivity index (χ0v) is 14.6. The Hall–Kier alpha value is -2.22. The smallest absolute Gasteiger partial charge is 0.326 e. The predicted molar refractivity (Wildman–Crippen MR) is 90.0 cm³/mol. The average molecular weight is 401 g/mol. The van der Waals surface area contributed by atoms with Crippen molar-refractivity contribution in [1.82, 2.24) is 10.6 Å². The highest BCUT2D eigenvalue weighted by molar-refractivity contribution is 9.11. The number of hydrogen-bond acceptors (Lipinski definition) is 3. The average Bonchev–Trinajstić information content (AvgIpc) is 2.47. The molecule has 0 aliphatic rings. The molecule has 0 bridgehead atoms. The van der Waals surface area contributed by atoms with Crippen molar-refractivity contribution < 1.29 is 23.9 Å². The molecule has 0 fully saturated rings. The third-order valence-corrected chi connectivity index (χ3v) is 3.41. The standard InChI is InChI=1S/C16H18BrFN2O4/c1-9(17)7-14(16(23)24)20-15(22)13(19-10(2)21)8-11-3-5-12(18)6-4-11/h3-6,13-14H,1,7-8H2,2H3,(H,19,21)(H,20,22)(H,23,24)/t13-,14+/m1/s1. The summed E-state index contributed by atoms with van der Waals surface area (Å²) in [6, 6.07) is 3.32. The van der Waals surface area contributed by atoms with E-state index in [-0.39, 0.29) is 12.8 Å². The number of nitrogens with one attached hydrogen (secondary N) is 2. The quantitative estimate of drug-likeness (QED) is 0.619. The Morgan fingerprint density at radius 3 is 2.25 bits per heavy atom. The van der Waals surface area contributed by atoms with Crippen LogP contribution in [0.3, 0.4) is 0 Å². The number of hydrogen-bond donors (Lipinski definition) is 3. The van der Waals surface area contributed by atoms with Crippen LogP contribution in [0.15, 0.2) is 35.3 Å². The fourth-order valence-electron chi connectivity index (χ4n) is 2.00. The summed E-state index contributed by atoms with van der Waals surface area (Å²) in [7, 11) is 0. The number of benzene rings is 1. The van der Waals surface area contributed by atoms with Crippen LogP contribution < -0.4 is 10.6 Å². The summed E-state index contributed by atoms with van der Waals surface area (Å²) in [5, 5.41) is 14.0. The first-order valence-electron chi connectivity index (χ1n) is 7.07. The molecule has 24 heavy (non-hydrogen) atoms. The van der Waals surface area contributed by atoms with E-state index in [1.54, 1.807) is 0 Å². The van der Waals surface area contributed by atoms with Crippen molar-refractivity contribution in [1.29, 1.82) is 0 Å². The van der Waals surface area contributed by atoms with Crippen LogP contribution in [0.5, 0.6) is 0 Å². The van der Waals surface area contributed by atoms with Gasteiger partial charge in [0.25, 0.3) is 0 Å². The highest BCUT2D eigenvalue weighted by Gasteiger charge is 2.26. The van der Waals surface area contributed by atoms with Crippen molar-refractivity contribution in [2.45, 2.75) is 31.8 Å². The van der Waals surface area contributed by atoms with E-state index in [0.717, 1.165) is 0 Å². The maximum absolute atomic E-state index is 12.9. The van der Waals surface area contributed by atoms with Crippen molar-refractivity contribution in [3.63, 3.8) is 0 Å². The summed E-state index contributed by atoms with van der Waals surface area (Å²) in [4.78, 5) is 34.9. The van der Waals surface area contributed by atoms with Crippen LogP contribution in [0.1, 0.15) is 18.9 Å². The second-order valence-corrected chi connectivity index (χ2v) is 6.33. The first-order valence-corrected chi connectivity index (χ1v) is 7.86. The molecule has 0 aliphatic carbocycles. The zero-order valence-electron chi connectivity index (χ0n) is 13.0. The number of rotatable bonds is 8. The second-order valence-electron chi connectivity index (χ2n) is 5.20. The monoisotopic (exact) mass is 400 g/mol. The van der Waals surface area contributed by atoms with Gasteiger partial charge in [-0.25, -0.2) is 9.18 Å². The lowest BCUT2D eigenvalue weighted by molar-refractivity contribution is -0.142. The highest BCUT2D eigenvalue weighted by Crippen LogP contribution is 2.11. The minimum Gasteiger partial charge on any atom is -0.480 e. The summed E-state index contributed by atoms with van der Waals surface area (Å²) in [6.07, 6.45) is 0.109. The largest absolute Gasteiger partial charge is 0.480 e. The molecule has 0 aromatic heterocycles. The zero-order chi connectivity index (χ0) is 18.3. The molecule has 0 heterocycles. The minimum absolute atomic E-state index is 0.00438. The van der Waals surface area contributed by atoms with Gasteiger partial charge >= 0.3 is 5.97 Å². The maximum atomic E-state index is 12.9. The first kappa shape index (κ1) is 19.8. The molecule has 8 heteroatoms. The number of carbonyl (C=O) groups excluding carboxylic acids is 2. The normalized spacial score (nSPS) is 12.8. The Morgan fingerprint density at radius 2 is 1.79 bits per heavy atom. The van der Waals surface area contributed by atoms with Crippen molar-refractivity contribution in [2.75, 3.05) is 0 Å². The molecular weight excluding hydrogens is 383 g/mol. The van der Waals surface area contributed by atoms with Gasteiger partial charge in [-0.2, -0.15) is 0 Å². The van der Waals surface area contributed by atoms with E-state index < -0.39 is 35.7 Å². The van der Waals surface area contributed by atoms with Gasteiger partial charge in [0.1, 0.15) is 17.9 Å². The summed E-state index contributed by atoms with van der Waals surface area (Å²) >= 11 is 3.06. The molecule has 6 nitrogen and oxygen atoms in total. The van der Waals surface area contributed by atoms with Gasteiger partial charge < -0.3 is 15.7 Å². The number of carboxylic acid groups (broad SMARTS) is 1. The summed E-state index contributed by atoms with van der Waals surface area (Å²) < 4.78 is 13.4. The molecule has 3 N–H and O–H groups in total. The van der Waals surface area contributed by atoms with Crippen molar-refractivity contribution >= 4 is 33.7 Å². The van der Waals surface area contributed by atoms with Crippen molar-refractivity contribution in [3.8, 4) is 0 Å². The van der Waals surface area contributed by atoms with Gasteiger partial charge in [-0.05, 0) is 22.2 Å². The van der Waals surface area contributed by atoms with Crippen LogP contribution in [-0.4, -0.2) is 35.0 Å². The number of amides is 2. The molecule has 130 valence electrons. The van der Waals surface area contributed by atoms with Crippen LogP contribution in [0.25, 0.3) is 0 Å². The van der Waals surface area contributed by atoms with Gasteiger partial charge in [-0.3, -0.25) is 9.59 Å². The van der Waals surface area contributed by atoms with E-state index in [1.807, 2.05) is 0 Å². The van der Waals surface area contributed by atoms with E-state index >= 15 is 0 Å². The SMILES string of the molecule is C=C(Br)C[C@H](NC(=O)[C@@H](Cc1ccc(F)cc1)NC(C)=O)C(=O)O. The lowest BCUT2D eigenvalue weighted by Gasteiger charge is -2.21. The van der Waals surface area contributed by atoms with Crippen LogP contribution in [-0.2, 0) is 20.8 Å². The van der Waals surface area contributed by atoms with E-state index in [1.165, 1.54) is 31.2 Å². The molecule has 0 saturated carbocycles. The fourth-order valence-corrected chi connectivity index (χ4v) is 2.33. The van der Waals surface area contributed by atoms with E-state index in [9.17, 15) is 18.8 Å². The molecular formula is C16H18BrFN2O4. The molecule has 0 aliphatic heterocycles. The van der Waals surface area contributed by atoms with Crippen LogP contribution in [0, 0.1) is 5.82 Å². The van der Waals surface area contributed by atoms with Crippen molar-refractivity contribution in [2.24, 2.45) is 0 Å². The molecule has 0 radical (unpaired) electrons. The Balaban J connectivity index is 2.87. The van der Waals surface area contributed by atoms with Crippen molar-refractivity contribution in [3.05, 3.63) is 46.7 Å². The van der Waals surface area contributed by atoms with E-state index in [2.05, 4.69) is 33.1 Å². The Kier molecular flexibility index (Phi) is 7.57. The van der Waals surface area contributed by atoms with Crippen LogP contribution >= 0.6 is 15.9 Å². The van der Waals surface area contributed by atoms with Gasteiger partial charge in [0.05, 0.1) is 0 Å². The highest BCUT2D eigenvalue weighted by atomic mass is 79.9. The number of aliphatic carboxylic acids is 1. The second kappa shape index (κ2) is 9.17. The summed E-state index contributed by atoms with van der Waals surface area (Å²) in [6.45, 7) is 4.80. The lowest BCUT2D eigenvalue weighted by Crippen LogP contribution is -2.52. The van der Waals surface area contributed by atoms with Gasteiger partial charge in [-0.15, -0.1) is 0 Å². The number of carbonyl (C=O) groups is 3. The Labute approximate surface area is 147 Å². The molecule has 2 atom stereocenters. The molecule has 0 unspecified atom stereocenters. The number of halogens is 2. The third kappa shape index (κ3) is 6.91. The summed E-state index contributed by atoms with van der Waals surface area (Å²) in [5.41, 5.74) is 0.627. The fraction of sp³-hybridized carbons (Fsp3) is 0.312. The molecule has 0 spiro atoms. The molecule has 0 saturated heterocycles. The molecule has 1 aromatic rings. The molecule has 1 aromatic carbocycles. The maximum Gasteiger partial charge on any atom is 0.326 e. The Bertz CT molecular complexity index is 633. The lowest BCUT2D eigenvalue weighted by atomic mass is 10.0.